The molecule has 0 saturated carbocycles. The molecule has 0 aliphatic carbocycles. The number of pyridine rings is 1. The second-order valence-electron chi connectivity index (χ2n) is 11.8. The van der Waals surface area contributed by atoms with E-state index in [2.05, 4.69) is 37.3 Å². The van der Waals surface area contributed by atoms with E-state index in [4.69, 9.17) is 31.7 Å². The monoisotopic (exact) mass is 770 g/mol. The molecule has 1 saturated heterocycles. The van der Waals surface area contributed by atoms with Gasteiger partial charge in [0.25, 0.3) is 5.91 Å². The number of nitrogens with one attached hydrogen (secondary N) is 4. The molecule has 3 aromatic carbocycles. The van der Waals surface area contributed by atoms with Crippen LogP contribution in [-0.4, -0.2) is 83.8 Å². The zero-order chi connectivity index (χ0) is 37.2. The number of rotatable bonds is 12. The number of hydrogen-bond acceptors (Lipinski definition) is 11. The van der Waals surface area contributed by atoms with Crippen molar-refractivity contribution in [3.63, 3.8) is 0 Å². The van der Waals surface area contributed by atoms with Crippen molar-refractivity contribution >= 4 is 75.2 Å². The first-order valence-corrected chi connectivity index (χ1v) is 19.3. The second-order valence-corrected chi connectivity index (χ2v) is 14.4. The molecule has 2 aliphatic heterocycles. The largest absolute Gasteiger partial charge is 0.493 e. The number of hydrogen-bond donors (Lipinski definition) is 4. The number of thiocarbonyl (C=S) groups is 1. The van der Waals surface area contributed by atoms with E-state index in [0.717, 1.165) is 43.1 Å². The van der Waals surface area contributed by atoms with Crippen molar-refractivity contribution in [2.45, 2.75) is 11.8 Å². The Morgan fingerprint density at radius 3 is 2.53 bits per heavy atom. The number of fused-ring (bicyclic) bond motifs is 1. The Labute approximate surface area is 321 Å². The van der Waals surface area contributed by atoms with E-state index in [1.54, 1.807) is 61.0 Å². The highest BCUT2D eigenvalue weighted by atomic mass is 32.2. The van der Waals surface area contributed by atoms with Crippen LogP contribution < -0.4 is 35.6 Å². The van der Waals surface area contributed by atoms with Gasteiger partial charge in [-0.05, 0) is 72.1 Å². The third-order valence-corrected chi connectivity index (χ3v) is 10.5. The van der Waals surface area contributed by atoms with Gasteiger partial charge in [0.05, 0.1) is 30.9 Å². The molecule has 53 heavy (non-hydrogen) atoms. The molecule has 0 spiro atoms. The van der Waals surface area contributed by atoms with E-state index < -0.39 is 11.4 Å². The Bertz CT molecular complexity index is 2020. The Kier molecular flexibility index (Phi) is 12.8. The number of amides is 3. The summed E-state index contributed by atoms with van der Waals surface area (Å²) in [6.45, 7) is 3.69. The maximum Gasteiger partial charge on any atom is 0.320 e. The summed E-state index contributed by atoms with van der Waals surface area (Å²) in [6, 6.07) is 21.1. The van der Waals surface area contributed by atoms with Gasteiger partial charge in [0.2, 0.25) is 0 Å². The van der Waals surface area contributed by atoms with E-state index >= 15 is 0 Å². The fraction of sp³-hybridized carbons (Fsp3) is 0.270. The molecule has 1 fully saturated rings. The van der Waals surface area contributed by atoms with Crippen molar-refractivity contribution in [1.29, 1.82) is 5.26 Å². The summed E-state index contributed by atoms with van der Waals surface area (Å²) in [6.07, 6.45) is 2.34. The van der Waals surface area contributed by atoms with Crippen LogP contribution in [0.3, 0.4) is 0 Å². The van der Waals surface area contributed by atoms with Crippen LogP contribution in [0.4, 0.5) is 16.3 Å². The predicted octanol–water partition coefficient (Wildman–Crippen LogP) is 6.47. The highest BCUT2D eigenvalue weighted by Crippen LogP contribution is 2.39. The smallest absolute Gasteiger partial charge is 0.320 e. The maximum absolute atomic E-state index is 12.8. The number of benzene rings is 3. The molecule has 1 atom stereocenters. The summed E-state index contributed by atoms with van der Waals surface area (Å²) in [4.78, 5) is 32.2. The average molecular weight is 771 g/mol. The minimum Gasteiger partial charge on any atom is -0.493 e. The van der Waals surface area contributed by atoms with Crippen LogP contribution in [-0.2, 0) is 4.79 Å². The average Bonchev–Trinajstić information content (AvgIpc) is 3.18. The van der Waals surface area contributed by atoms with Gasteiger partial charge >= 0.3 is 6.03 Å². The Balaban J connectivity index is 1.15. The van der Waals surface area contributed by atoms with Gasteiger partial charge in [0.15, 0.2) is 16.6 Å². The normalized spacial score (nSPS) is 15.7. The van der Waals surface area contributed by atoms with E-state index in [9.17, 15) is 9.59 Å². The van der Waals surface area contributed by atoms with E-state index in [1.165, 1.54) is 29.9 Å². The molecule has 0 bridgehead atoms. The lowest BCUT2D eigenvalue weighted by molar-refractivity contribution is -0.128. The molecule has 3 amide bonds. The first-order valence-electron chi connectivity index (χ1n) is 16.8. The Morgan fingerprint density at radius 1 is 1.04 bits per heavy atom. The molecular weight excluding hydrogens is 733 g/mol. The molecule has 2 aliphatic rings. The van der Waals surface area contributed by atoms with Gasteiger partial charge in [-0.25, -0.2) is 14.8 Å². The number of nitriles is 1. The zero-order valence-corrected chi connectivity index (χ0v) is 31.5. The molecule has 16 heteroatoms. The van der Waals surface area contributed by atoms with Gasteiger partial charge in [-0.15, -0.1) is 11.8 Å². The molecule has 1 unspecified atom stereocenters. The molecule has 274 valence electrons. The number of aromatic nitrogens is 1. The summed E-state index contributed by atoms with van der Waals surface area (Å²) >= 11 is 8.99. The van der Waals surface area contributed by atoms with Crippen LogP contribution in [0.5, 0.6) is 23.0 Å². The third kappa shape index (κ3) is 9.82. The minimum absolute atomic E-state index is 0.210. The molecule has 13 nitrogen and oxygen atoms in total. The van der Waals surface area contributed by atoms with Crippen molar-refractivity contribution in [3.05, 3.63) is 89.3 Å². The lowest BCUT2D eigenvalue weighted by Crippen LogP contribution is -2.49. The number of nitrogens with zero attached hydrogens (tertiary/aromatic N) is 4. The number of urea groups is 1. The molecular formula is C37H38N8O5S3. The van der Waals surface area contributed by atoms with Gasteiger partial charge < -0.3 is 29.7 Å². The number of hydrazine groups is 1. The van der Waals surface area contributed by atoms with Crippen molar-refractivity contribution in [2.75, 3.05) is 62.5 Å². The summed E-state index contributed by atoms with van der Waals surface area (Å²) in [5, 5.41) is 21.2. The van der Waals surface area contributed by atoms with E-state index in [1.807, 2.05) is 30.0 Å². The van der Waals surface area contributed by atoms with E-state index in [-0.39, 0.29) is 11.0 Å². The van der Waals surface area contributed by atoms with Crippen LogP contribution in [0.15, 0.2) is 78.2 Å². The molecule has 6 rings (SSSR count). The molecule has 0 radical (unpaired) electrons. The molecule has 4 aromatic rings. The molecule has 1 aromatic heterocycles. The van der Waals surface area contributed by atoms with Crippen LogP contribution in [0.2, 0.25) is 0 Å². The number of thioether (sulfide) groups is 2. The number of ether oxygens (including phenoxy) is 3. The van der Waals surface area contributed by atoms with Gasteiger partial charge in [-0.1, -0.05) is 12.1 Å². The summed E-state index contributed by atoms with van der Waals surface area (Å²) in [7, 11) is 3.11. The fourth-order valence-corrected chi connectivity index (χ4v) is 7.72. The van der Waals surface area contributed by atoms with Gasteiger partial charge in [-0.3, -0.25) is 15.5 Å². The summed E-state index contributed by atoms with van der Waals surface area (Å²) < 4.78 is 18.2. The van der Waals surface area contributed by atoms with Crippen LogP contribution in [0, 0.1) is 11.3 Å². The van der Waals surface area contributed by atoms with Gasteiger partial charge in [0, 0.05) is 67.5 Å². The standard InChI is InChI=1S/C37H38N8O5S3/c1-39-36(47)42-33-22-30(28-20-31(48-2)32(21-29(28)41-33)49-16-3-13-44-14-18-52-19-15-44)50-27-10-8-26(9-11-27)40-37(51)43-45-34(46)12-17-53-35(45)25-6-4-24(23-38)5-7-25/h4-12,17,20-22,35H,3,13-16,18-19H2,1-2H3,(H2,40,43,51)(H2,39,41,42,47). The lowest BCUT2D eigenvalue weighted by Gasteiger charge is -2.33. The number of methoxy groups -OCH3 is 1. The summed E-state index contributed by atoms with van der Waals surface area (Å²) in [5.74, 6) is 4.40. The topological polar surface area (TPSA) is 153 Å². The minimum atomic E-state index is -0.423. The highest BCUT2D eigenvalue weighted by Gasteiger charge is 2.28. The SMILES string of the molecule is CNC(=O)Nc1cc(Oc2ccc(NC(=S)NN3C(=O)C=CSC3c3ccc(C#N)cc3)cc2)c2cc(OC)c(OCCCN3CCSCC3)cc2n1. The third-order valence-electron chi connectivity index (χ3n) is 8.28. The number of anilines is 2. The highest BCUT2D eigenvalue weighted by molar-refractivity contribution is 8.02. The van der Waals surface area contributed by atoms with Crippen molar-refractivity contribution in [2.24, 2.45) is 0 Å². The first-order chi connectivity index (χ1) is 25.8. The van der Waals surface area contributed by atoms with Crippen LogP contribution in [0.1, 0.15) is 22.9 Å². The van der Waals surface area contributed by atoms with Crippen molar-refractivity contribution in [1.82, 2.24) is 25.6 Å². The maximum atomic E-state index is 12.8. The zero-order valence-electron chi connectivity index (χ0n) is 29.1. The van der Waals surface area contributed by atoms with Gasteiger partial charge in [0.1, 0.15) is 22.7 Å². The van der Waals surface area contributed by atoms with Crippen molar-refractivity contribution in [3.8, 4) is 29.1 Å². The predicted molar refractivity (Wildman–Crippen MR) is 214 cm³/mol. The first kappa shape index (κ1) is 37.5. The molecule has 4 N–H and O–H groups in total. The van der Waals surface area contributed by atoms with Crippen LogP contribution >= 0.6 is 35.7 Å². The number of carbonyl (C=O) groups excluding carboxylic acids is 2. The van der Waals surface area contributed by atoms with E-state index in [0.29, 0.717) is 57.6 Å². The fourth-order valence-electron chi connectivity index (χ4n) is 5.59. The van der Waals surface area contributed by atoms with Crippen LogP contribution in [0.25, 0.3) is 10.9 Å². The number of carbonyl (C=O) groups is 2. The summed E-state index contributed by atoms with van der Waals surface area (Å²) in [5.41, 5.74) is 5.58. The lowest BCUT2D eigenvalue weighted by atomic mass is 10.1. The molecule has 3 heterocycles. The quantitative estimate of drug-likeness (QED) is 0.0921. The van der Waals surface area contributed by atoms with Gasteiger partial charge in [-0.2, -0.15) is 17.0 Å². The van der Waals surface area contributed by atoms with Crippen molar-refractivity contribution < 1.29 is 23.8 Å². The Hall–Kier alpha value is -5.21. The second kappa shape index (κ2) is 18.0. The Morgan fingerprint density at radius 2 is 1.81 bits per heavy atom.